The molecule has 0 heterocycles. The van der Waals surface area contributed by atoms with Crippen LogP contribution in [0.4, 0.5) is 0 Å². The largest absolute Gasteiger partial charge is 0.271 e. The Morgan fingerprint density at radius 2 is 1.46 bits per heavy atom. The highest BCUT2D eigenvalue weighted by Gasteiger charge is 2.07. The summed E-state index contributed by atoms with van der Waals surface area (Å²) >= 11 is 0. The third-order valence-electron chi connectivity index (χ3n) is 4.52. The molecule has 1 amide bonds. The van der Waals surface area contributed by atoms with Crippen molar-refractivity contribution in [3.63, 3.8) is 0 Å². The Morgan fingerprint density at radius 1 is 0.769 bits per heavy atom. The van der Waals surface area contributed by atoms with Gasteiger partial charge in [-0.1, -0.05) is 72.8 Å². The topological polar surface area (TPSA) is 41.5 Å². The molecule has 0 radical (unpaired) electrons. The van der Waals surface area contributed by atoms with Crippen LogP contribution in [-0.2, 0) is 0 Å². The van der Waals surface area contributed by atoms with Gasteiger partial charge in [0.2, 0.25) is 0 Å². The van der Waals surface area contributed by atoms with Gasteiger partial charge in [0.1, 0.15) is 0 Å². The zero-order valence-corrected chi connectivity index (χ0v) is 14.4. The molecule has 0 fully saturated rings. The highest BCUT2D eigenvalue weighted by Crippen LogP contribution is 2.19. The maximum atomic E-state index is 12.5. The molecule has 0 spiro atoms. The molecule has 4 rings (SSSR count). The first-order chi connectivity index (χ1) is 12.7. The number of hydrogen-bond donors (Lipinski definition) is 1. The molecule has 1 N–H and O–H groups in total. The van der Waals surface area contributed by atoms with Crippen molar-refractivity contribution in [1.82, 2.24) is 5.43 Å². The van der Waals surface area contributed by atoms with E-state index in [0.717, 1.165) is 32.8 Å². The van der Waals surface area contributed by atoms with Gasteiger partial charge in [0.15, 0.2) is 0 Å². The molecule has 0 aromatic heterocycles. The fourth-order valence-electron chi connectivity index (χ4n) is 3.13. The summed E-state index contributed by atoms with van der Waals surface area (Å²) in [4.78, 5) is 12.5. The summed E-state index contributed by atoms with van der Waals surface area (Å²) < 4.78 is 0. The lowest BCUT2D eigenvalue weighted by Gasteiger charge is -2.07. The average Bonchev–Trinajstić information content (AvgIpc) is 2.71. The van der Waals surface area contributed by atoms with Gasteiger partial charge in [0.25, 0.3) is 5.91 Å². The van der Waals surface area contributed by atoms with Gasteiger partial charge < -0.3 is 0 Å². The van der Waals surface area contributed by atoms with E-state index in [4.69, 9.17) is 0 Å². The molecule has 26 heavy (non-hydrogen) atoms. The van der Waals surface area contributed by atoms with Crippen molar-refractivity contribution in [3.05, 3.63) is 96.1 Å². The summed E-state index contributed by atoms with van der Waals surface area (Å²) in [5.41, 5.74) is 5.06. The first-order valence-electron chi connectivity index (χ1n) is 8.54. The van der Waals surface area contributed by atoms with Crippen LogP contribution in [0.15, 0.2) is 90.0 Å². The van der Waals surface area contributed by atoms with E-state index in [1.165, 1.54) is 0 Å². The Labute approximate surface area is 152 Å². The minimum atomic E-state index is -0.213. The third kappa shape index (κ3) is 3.07. The fourth-order valence-corrected chi connectivity index (χ4v) is 3.13. The normalized spacial score (nSPS) is 11.7. The third-order valence-corrected chi connectivity index (χ3v) is 4.52. The molecule has 3 nitrogen and oxygen atoms in total. The van der Waals surface area contributed by atoms with Crippen molar-refractivity contribution in [2.24, 2.45) is 5.10 Å². The summed E-state index contributed by atoms with van der Waals surface area (Å²) in [5, 5.41) is 8.74. The summed E-state index contributed by atoms with van der Waals surface area (Å²) in [7, 11) is 0. The van der Waals surface area contributed by atoms with Crippen LogP contribution in [0.25, 0.3) is 21.5 Å². The van der Waals surface area contributed by atoms with Crippen LogP contribution in [0, 0.1) is 0 Å². The Morgan fingerprint density at radius 3 is 2.31 bits per heavy atom. The number of carbonyl (C=O) groups is 1. The van der Waals surface area contributed by atoms with Gasteiger partial charge >= 0.3 is 0 Å². The Bertz CT molecular complexity index is 1140. The van der Waals surface area contributed by atoms with Crippen molar-refractivity contribution < 1.29 is 4.79 Å². The molecule has 0 saturated heterocycles. The summed E-state index contributed by atoms with van der Waals surface area (Å²) in [6.45, 7) is 1.91. The van der Waals surface area contributed by atoms with E-state index < -0.39 is 0 Å². The summed E-state index contributed by atoms with van der Waals surface area (Å²) in [5.74, 6) is -0.213. The van der Waals surface area contributed by atoms with Crippen LogP contribution in [0.1, 0.15) is 22.8 Å². The first-order valence-corrected chi connectivity index (χ1v) is 8.54. The molecule has 0 atom stereocenters. The molecule has 3 heteroatoms. The van der Waals surface area contributed by atoms with E-state index in [0.29, 0.717) is 5.56 Å². The predicted octanol–water partition coefficient (Wildman–Crippen LogP) is 5.15. The highest BCUT2D eigenvalue weighted by atomic mass is 16.2. The minimum Gasteiger partial charge on any atom is -0.267 e. The van der Waals surface area contributed by atoms with E-state index in [1.54, 1.807) is 0 Å². The van der Waals surface area contributed by atoms with E-state index in [2.05, 4.69) is 28.7 Å². The van der Waals surface area contributed by atoms with Gasteiger partial charge in [-0.25, -0.2) is 5.43 Å². The minimum absolute atomic E-state index is 0.213. The molecule has 4 aromatic carbocycles. The Hall–Kier alpha value is -3.46. The smallest absolute Gasteiger partial charge is 0.267 e. The van der Waals surface area contributed by atoms with Crippen LogP contribution in [0.3, 0.4) is 0 Å². The number of rotatable bonds is 3. The molecule has 4 aromatic rings. The molecular formula is C23H18N2O. The fraction of sp³-hybridized carbons (Fsp3) is 0.0435. The van der Waals surface area contributed by atoms with E-state index in [1.807, 2.05) is 73.7 Å². The van der Waals surface area contributed by atoms with Crippen molar-refractivity contribution in [2.45, 2.75) is 6.92 Å². The number of carbonyl (C=O) groups excluding carboxylic acids is 1. The van der Waals surface area contributed by atoms with E-state index in [9.17, 15) is 4.79 Å². The number of fused-ring (bicyclic) bond motifs is 2. The zero-order valence-electron chi connectivity index (χ0n) is 14.4. The second kappa shape index (κ2) is 6.81. The van der Waals surface area contributed by atoms with Gasteiger partial charge in [-0.2, -0.15) is 5.10 Å². The number of hydrogen-bond acceptors (Lipinski definition) is 2. The molecule has 126 valence electrons. The van der Waals surface area contributed by atoms with E-state index >= 15 is 0 Å². The second-order valence-electron chi connectivity index (χ2n) is 6.23. The number of nitrogens with one attached hydrogen (secondary N) is 1. The lowest BCUT2D eigenvalue weighted by Crippen LogP contribution is -2.19. The van der Waals surface area contributed by atoms with Crippen LogP contribution < -0.4 is 5.43 Å². The maximum absolute atomic E-state index is 12.5. The predicted molar refractivity (Wildman–Crippen MR) is 108 cm³/mol. The molecule has 0 saturated carbocycles. The van der Waals surface area contributed by atoms with Gasteiger partial charge in [0, 0.05) is 11.1 Å². The van der Waals surface area contributed by atoms with Gasteiger partial charge in [0.05, 0.1) is 5.71 Å². The Balaban J connectivity index is 1.60. The van der Waals surface area contributed by atoms with Crippen LogP contribution >= 0.6 is 0 Å². The quantitative estimate of drug-likeness (QED) is 0.407. The van der Waals surface area contributed by atoms with Crippen LogP contribution in [-0.4, -0.2) is 11.6 Å². The van der Waals surface area contributed by atoms with Crippen molar-refractivity contribution in [3.8, 4) is 0 Å². The first kappa shape index (κ1) is 16.0. The van der Waals surface area contributed by atoms with Crippen molar-refractivity contribution in [2.75, 3.05) is 0 Å². The molecule has 0 aliphatic rings. The number of benzene rings is 4. The van der Waals surface area contributed by atoms with Crippen molar-refractivity contribution >= 4 is 33.2 Å². The monoisotopic (exact) mass is 338 g/mol. The maximum Gasteiger partial charge on any atom is 0.271 e. The van der Waals surface area contributed by atoms with Gasteiger partial charge in [-0.05, 0) is 40.6 Å². The lowest BCUT2D eigenvalue weighted by molar-refractivity contribution is 0.0955. The molecule has 0 bridgehead atoms. The SMILES string of the molecule is C/C(=N/NC(=O)c1ccc2ccccc2c1)c1cccc2ccccc12. The van der Waals surface area contributed by atoms with E-state index in [-0.39, 0.29) is 5.91 Å². The molecular weight excluding hydrogens is 320 g/mol. The Kier molecular flexibility index (Phi) is 4.20. The summed E-state index contributed by atoms with van der Waals surface area (Å²) in [6, 6.07) is 27.9. The molecule has 0 aliphatic heterocycles. The van der Waals surface area contributed by atoms with Crippen molar-refractivity contribution in [1.29, 1.82) is 0 Å². The number of nitrogens with zero attached hydrogens (tertiary/aromatic N) is 1. The average molecular weight is 338 g/mol. The second-order valence-corrected chi connectivity index (χ2v) is 6.23. The standard InChI is InChI=1S/C23H18N2O/c1-16(21-12-6-10-18-8-4-5-11-22(18)21)24-25-23(26)20-14-13-17-7-2-3-9-19(17)15-20/h2-15H,1H3,(H,25,26)/b24-16-. The number of amides is 1. The summed E-state index contributed by atoms with van der Waals surface area (Å²) in [6.07, 6.45) is 0. The highest BCUT2D eigenvalue weighted by molar-refractivity contribution is 6.10. The van der Waals surface area contributed by atoms with Crippen LogP contribution in [0.5, 0.6) is 0 Å². The van der Waals surface area contributed by atoms with Gasteiger partial charge in [-0.15, -0.1) is 0 Å². The van der Waals surface area contributed by atoms with Crippen LogP contribution in [0.2, 0.25) is 0 Å². The lowest BCUT2D eigenvalue weighted by atomic mass is 10.0. The molecule has 0 aliphatic carbocycles. The zero-order chi connectivity index (χ0) is 17.9. The molecule has 0 unspecified atom stereocenters. The number of hydrazone groups is 1. The van der Waals surface area contributed by atoms with Gasteiger partial charge in [-0.3, -0.25) is 4.79 Å².